The molecule has 210 valence electrons. The van der Waals surface area contributed by atoms with Crippen LogP contribution in [0, 0.1) is 0 Å². The molecule has 4 rings (SSSR count). The molecule has 3 aromatic rings. The zero-order valence-electron chi connectivity index (χ0n) is 22.7. The van der Waals surface area contributed by atoms with E-state index in [1.54, 1.807) is 30.3 Å². The van der Waals surface area contributed by atoms with E-state index < -0.39 is 30.8 Å². The number of hydrogen-bond donors (Lipinski definition) is 0. The van der Waals surface area contributed by atoms with Crippen LogP contribution in [0.25, 0.3) is 0 Å². The molecule has 0 spiro atoms. The number of hydrogen-bond acceptors (Lipinski definition) is 2. The lowest BCUT2D eigenvalue weighted by molar-refractivity contribution is -0.361. The third kappa shape index (κ3) is 4.74. The second-order valence-electron chi connectivity index (χ2n) is 10.8. The molecule has 1 unspecified atom stereocenters. The van der Waals surface area contributed by atoms with Gasteiger partial charge in [-0.05, 0) is 46.6 Å². The quantitative estimate of drug-likeness (QED) is 0.222. The molecule has 0 amide bonds. The number of nitrogens with zero attached hydrogens (tertiary/aromatic N) is 1. The predicted molar refractivity (Wildman–Crippen MR) is 145 cm³/mol. The van der Waals surface area contributed by atoms with Gasteiger partial charge in [0.05, 0.1) is 5.69 Å². The number of fused-ring (bicyclic) bond motifs is 1. The second-order valence-corrected chi connectivity index (χ2v) is 13.3. The van der Waals surface area contributed by atoms with Crippen LogP contribution in [0.1, 0.15) is 81.5 Å². The second kappa shape index (κ2) is 10.1. The highest BCUT2D eigenvalue weighted by Crippen LogP contribution is 2.70. The van der Waals surface area contributed by atoms with E-state index in [2.05, 4.69) is 0 Å². The van der Waals surface area contributed by atoms with E-state index in [1.807, 2.05) is 53.7 Å². The van der Waals surface area contributed by atoms with Crippen LogP contribution in [-0.4, -0.2) is 12.4 Å². The van der Waals surface area contributed by atoms with Crippen LogP contribution in [0.5, 0.6) is 0 Å². The summed E-state index contributed by atoms with van der Waals surface area (Å²) in [6.45, 7) is 11.5. The van der Waals surface area contributed by atoms with Gasteiger partial charge in [0.2, 0.25) is 0 Å². The number of benzene rings is 3. The van der Waals surface area contributed by atoms with Crippen molar-refractivity contribution in [3.05, 3.63) is 89.0 Å². The summed E-state index contributed by atoms with van der Waals surface area (Å²) < 4.78 is 99.3. The Morgan fingerprint density at radius 1 is 0.692 bits per heavy atom. The largest absolute Gasteiger partial charge is 0.431 e. The molecule has 0 radical (unpaired) electrons. The van der Waals surface area contributed by atoms with Crippen molar-refractivity contribution in [2.24, 2.45) is 4.74 Å². The summed E-state index contributed by atoms with van der Waals surface area (Å²) in [4.78, 5) is 0. The van der Waals surface area contributed by atoms with Crippen molar-refractivity contribution >= 4 is 23.6 Å². The fourth-order valence-corrected chi connectivity index (χ4v) is 9.15. The molecule has 2 nitrogen and oxygen atoms in total. The predicted octanol–water partition coefficient (Wildman–Crippen LogP) is 9.81. The van der Waals surface area contributed by atoms with Crippen LogP contribution in [0.15, 0.2) is 71.5 Å². The molecule has 0 fully saturated rings. The van der Waals surface area contributed by atoms with Crippen molar-refractivity contribution in [2.45, 2.75) is 77.2 Å². The minimum absolute atomic E-state index is 0.0932. The standard InChI is InChI=1S/C30H32F6NOP/c1-18(2)21-16-23(19(3)4)27(24(17-21)20(5)6)39(37-22-12-8-7-9-13-22)26-15-11-10-14-25(26)28(38-39,29(31,32)33)30(34,35)36/h7-20H,1-6H3. The highest BCUT2D eigenvalue weighted by Gasteiger charge is 2.78. The van der Waals surface area contributed by atoms with Crippen molar-refractivity contribution in [2.75, 3.05) is 0 Å². The number of alkyl halides is 6. The van der Waals surface area contributed by atoms with Gasteiger partial charge in [0.15, 0.2) is 7.28 Å². The summed E-state index contributed by atoms with van der Waals surface area (Å²) in [6.07, 6.45) is -11.6. The average molecular weight is 568 g/mol. The lowest BCUT2D eigenvalue weighted by atomic mass is 9.89. The first-order chi connectivity index (χ1) is 18.1. The molecule has 0 bridgehead atoms. The minimum Gasteiger partial charge on any atom is -0.307 e. The summed E-state index contributed by atoms with van der Waals surface area (Å²) >= 11 is 0. The monoisotopic (exact) mass is 567 g/mol. The smallest absolute Gasteiger partial charge is 0.307 e. The maximum atomic E-state index is 14.8. The highest BCUT2D eigenvalue weighted by atomic mass is 31.2. The van der Waals surface area contributed by atoms with Crippen LogP contribution in [-0.2, 0) is 10.1 Å². The maximum absolute atomic E-state index is 14.8. The van der Waals surface area contributed by atoms with Crippen LogP contribution in [0.3, 0.4) is 0 Å². The van der Waals surface area contributed by atoms with Crippen LogP contribution in [0.2, 0.25) is 0 Å². The molecule has 0 aliphatic carbocycles. The van der Waals surface area contributed by atoms with E-state index >= 15 is 0 Å². The Balaban J connectivity index is 2.30. The Morgan fingerprint density at radius 2 is 1.18 bits per heavy atom. The normalized spacial score (nSPS) is 19.2. The van der Waals surface area contributed by atoms with Gasteiger partial charge in [0, 0.05) is 16.2 Å². The molecule has 1 aliphatic rings. The molecular weight excluding hydrogens is 535 g/mol. The Kier molecular flexibility index (Phi) is 7.63. The topological polar surface area (TPSA) is 21.6 Å². The maximum Gasteiger partial charge on any atom is 0.431 e. The Hall–Kier alpha value is -2.57. The van der Waals surface area contributed by atoms with Gasteiger partial charge >= 0.3 is 12.4 Å². The summed E-state index contributed by atoms with van der Waals surface area (Å²) in [6, 6.07) is 16.8. The molecule has 39 heavy (non-hydrogen) atoms. The van der Waals surface area contributed by atoms with Crippen LogP contribution < -0.4 is 10.6 Å². The number of halogens is 6. The summed E-state index contributed by atoms with van der Waals surface area (Å²) in [5, 5.41) is 0.174. The van der Waals surface area contributed by atoms with Gasteiger partial charge in [0.25, 0.3) is 5.60 Å². The van der Waals surface area contributed by atoms with E-state index in [-0.39, 0.29) is 28.7 Å². The first-order valence-electron chi connectivity index (χ1n) is 12.9. The summed E-state index contributed by atoms with van der Waals surface area (Å²) in [5.41, 5.74) is -2.98. The van der Waals surface area contributed by atoms with E-state index in [0.717, 1.165) is 11.6 Å². The molecule has 0 N–H and O–H groups in total. The van der Waals surface area contributed by atoms with Gasteiger partial charge in [-0.3, -0.25) is 0 Å². The average Bonchev–Trinajstić information content (AvgIpc) is 3.16. The third-order valence-electron chi connectivity index (χ3n) is 7.09. The Morgan fingerprint density at radius 3 is 1.64 bits per heavy atom. The highest BCUT2D eigenvalue weighted by molar-refractivity contribution is 7.77. The zero-order valence-corrected chi connectivity index (χ0v) is 23.5. The van der Waals surface area contributed by atoms with Gasteiger partial charge in [-0.25, -0.2) is 4.74 Å². The molecule has 3 aromatic carbocycles. The molecule has 0 saturated heterocycles. The van der Waals surface area contributed by atoms with Crippen molar-refractivity contribution in [3.63, 3.8) is 0 Å². The van der Waals surface area contributed by atoms with E-state index in [9.17, 15) is 26.3 Å². The first-order valence-corrected chi connectivity index (χ1v) is 14.5. The first kappa shape index (κ1) is 29.4. The lowest BCUT2D eigenvalue weighted by Gasteiger charge is -2.36. The minimum atomic E-state index is -5.79. The molecule has 9 heteroatoms. The van der Waals surface area contributed by atoms with Crippen molar-refractivity contribution in [1.82, 2.24) is 0 Å². The number of rotatable bonds is 5. The SMILES string of the molecule is CC(C)c1cc(C(C)C)c(P2(=Nc3ccccc3)OC(C(F)(F)F)(C(F)(F)F)c3ccccc32)c(C(C)C)c1. The summed E-state index contributed by atoms with van der Waals surface area (Å²) in [7, 11) is -4.17. The van der Waals surface area contributed by atoms with E-state index in [1.165, 1.54) is 18.2 Å². The molecule has 1 atom stereocenters. The van der Waals surface area contributed by atoms with Gasteiger partial charge in [-0.1, -0.05) is 96.1 Å². The Bertz CT molecular complexity index is 1360. The van der Waals surface area contributed by atoms with Crippen LogP contribution in [0.4, 0.5) is 32.0 Å². The third-order valence-corrected chi connectivity index (χ3v) is 10.3. The van der Waals surface area contributed by atoms with Gasteiger partial charge in [0.1, 0.15) is 0 Å². The molecule has 0 aromatic heterocycles. The van der Waals surface area contributed by atoms with E-state index in [0.29, 0.717) is 16.4 Å². The van der Waals surface area contributed by atoms with Crippen molar-refractivity contribution in [1.29, 1.82) is 0 Å². The van der Waals surface area contributed by atoms with Crippen molar-refractivity contribution in [3.8, 4) is 0 Å². The van der Waals surface area contributed by atoms with Gasteiger partial charge < -0.3 is 4.52 Å². The van der Waals surface area contributed by atoms with Crippen LogP contribution >= 0.6 is 7.28 Å². The lowest BCUT2D eigenvalue weighted by Crippen LogP contribution is -2.54. The van der Waals surface area contributed by atoms with E-state index in [4.69, 9.17) is 9.27 Å². The Labute approximate surface area is 225 Å². The van der Waals surface area contributed by atoms with Gasteiger partial charge in [-0.2, -0.15) is 26.3 Å². The molecule has 1 heterocycles. The zero-order chi connectivity index (χ0) is 29.0. The molecule has 1 aliphatic heterocycles. The fraction of sp³-hybridized carbons (Fsp3) is 0.400. The van der Waals surface area contributed by atoms with Crippen molar-refractivity contribution < 1.29 is 30.9 Å². The van der Waals surface area contributed by atoms with Gasteiger partial charge in [-0.15, -0.1) is 0 Å². The summed E-state index contributed by atoms with van der Waals surface area (Å²) in [5.74, 6) is -0.348. The molecular formula is C30H32F6NOP. The molecule has 0 saturated carbocycles. The fourth-order valence-electron chi connectivity index (χ4n) is 5.12.